The van der Waals surface area contributed by atoms with Gasteiger partial charge in [-0.3, -0.25) is 14.6 Å². The summed E-state index contributed by atoms with van der Waals surface area (Å²) in [6, 6.07) is 9.09. The molecular formula is C23H35N3O2. The van der Waals surface area contributed by atoms with Crippen molar-refractivity contribution < 1.29 is 9.53 Å². The molecule has 0 aromatic heterocycles. The van der Waals surface area contributed by atoms with Gasteiger partial charge in [-0.15, -0.1) is 0 Å². The van der Waals surface area contributed by atoms with Crippen molar-refractivity contribution in [2.75, 3.05) is 46.4 Å². The second-order valence-corrected chi connectivity index (χ2v) is 8.72. The number of hydrogen-bond donors (Lipinski definition) is 0. The van der Waals surface area contributed by atoms with Crippen LogP contribution in [-0.4, -0.2) is 73.0 Å². The van der Waals surface area contributed by atoms with E-state index < -0.39 is 0 Å². The zero-order chi connectivity index (χ0) is 19.3. The van der Waals surface area contributed by atoms with Crippen LogP contribution in [0.25, 0.3) is 0 Å². The van der Waals surface area contributed by atoms with Gasteiger partial charge in [-0.05, 0) is 75.9 Å². The molecule has 5 nitrogen and oxygen atoms in total. The van der Waals surface area contributed by atoms with Crippen molar-refractivity contribution in [1.82, 2.24) is 14.7 Å². The second-order valence-electron chi connectivity index (χ2n) is 8.72. The largest absolute Gasteiger partial charge is 0.497 e. The highest BCUT2D eigenvalue weighted by molar-refractivity contribution is 5.79. The summed E-state index contributed by atoms with van der Waals surface area (Å²) in [6.07, 6.45) is 7.09. The molecule has 3 aliphatic rings. The number of piperidine rings is 2. The van der Waals surface area contributed by atoms with E-state index in [9.17, 15) is 4.79 Å². The Kier molecular flexibility index (Phi) is 6.53. The normalized spacial score (nSPS) is 25.2. The van der Waals surface area contributed by atoms with E-state index in [4.69, 9.17) is 4.74 Å². The van der Waals surface area contributed by atoms with Crippen LogP contribution in [0.5, 0.6) is 5.75 Å². The molecule has 1 aromatic carbocycles. The fourth-order valence-electron chi connectivity index (χ4n) is 5.17. The molecule has 0 spiro atoms. The Morgan fingerprint density at radius 2 is 1.68 bits per heavy atom. The second kappa shape index (κ2) is 9.27. The van der Waals surface area contributed by atoms with E-state index in [1.165, 1.54) is 44.2 Å². The number of likely N-dealkylation sites (tertiary alicyclic amines) is 3. The van der Waals surface area contributed by atoms with Crippen molar-refractivity contribution in [2.24, 2.45) is 5.92 Å². The lowest BCUT2D eigenvalue weighted by Crippen LogP contribution is -2.51. The summed E-state index contributed by atoms with van der Waals surface area (Å²) >= 11 is 0. The van der Waals surface area contributed by atoms with Gasteiger partial charge in [0.25, 0.3) is 0 Å². The van der Waals surface area contributed by atoms with Gasteiger partial charge in [0.2, 0.25) is 5.91 Å². The first-order valence-electron chi connectivity index (χ1n) is 11.1. The number of nitrogens with zero attached hydrogens (tertiary/aromatic N) is 3. The summed E-state index contributed by atoms with van der Waals surface area (Å²) in [5, 5.41) is 0. The molecule has 0 aliphatic carbocycles. The maximum absolute atomic E-state index is 12.8. The Morgan fingerprint density at radius 3 is 2.36 bits per heavy atom. The topological polar surface area (TPSA) is 36.0 Å². The van der Waals surface area contributed by atoms with Gasteiger partial charge in [0.05, 0.1) is 13.0 Å². The molecule has 0 bridgehead atoms. The minimum absolute atomic E-state index is 0.240. The Labute approximate surface area is 169 Å². The average molecular weight is 386 g/mol. The lowest BCUT2D eigenvalue weighted by Gasteiger charge is -2.42. The van der Waals surface area contributed by atoms with Gasteiger partial charge in [-0.2, -0.15) is 0 Å². The molecule has 1 amide bonds. The predicted octanol–water partition coefficient (Wildman–Crippen LogP) is 2.99. The third kappa shape index (κ3) is 4.69. The molecule has 28 heavy (non-hydrogen) atoms. The van der Waals surface area contributed by atoms with Crippen LogP contribution in [0.15, 0.2) is 24.3 Å². The van der Waals surface area contributed by atoms with Crippen LogP contribution in [0.1, 0.15) is 44.1 Å². The van der Waals surface area contributed by atoms with E-state index in [0.717, 1.165) is 51.4 Å². The summed E-state index contributed by atoms with van der Waals surface area (Å²) in [6.45, 7) is 7.45. The van der Waals surface area contributed by atoms with Crippen molar-refractivity contribution in [3.05, 3.63) is 29.8 Å². The van der Waals surface area contributed by atoms with Crippen molar-refractivity contribution >= 4 is 5.91 Å². The molecule has 1 unspecified atom stereocenters. The standard InChI is InChI=1S/C23H35N3O2/c1-28-22-8-6-19(7-9-22)17-24-15-10-21(11-16-24)26-14-4-5-20(18-26)23(27)25-12-2-3-13-25/h6-9,20-21H,2-5,10-18H2,1H3. The van der Waals surface area contributed by atoms with E-state index in [-0.39, 0.29) is 5.92 Å². The number of methoxy groups -OCH3 is 1. The van der Waals surface area contributed by atoms with Crippen molar-refractivity contribution in [1.29, 1.82) is 0 Å². The number of amides is 1. The minimum Gasteiger partial charge on any atom is -0.497 e. The van der Waals surface area contributed by atoms with Gasteiger partial charge in [-0.1, -0.05) is 12.1 Å². The van der Waals surface area contributed by atoms with Crippen LogP contribution >= 0.6 is 0 Å². The molecule has 1 aromatic rings. The minimum atomic E-state index is 0.240. The molecule has 1 atom stereocenters. The molecule has 0 N–H and O–H groups in total. The summed E-state index contributed by atoms with van der Waals surface area (Å²) in [5.41, 5.74) is 1.36. The van der Waals surface area contributed by atoms with Gasteiger partial charge in [0.1, 0.15) is 5.75 Å². The number of carbonyl (C=O) groups is 1. The van der Waals surface area contributed by atoms with Gasteiger partial charge in [0, 0.05) is 32.2 Å². The highest BCUT2D eigenvalue weighted by Gasteiger charge is 2.34. The van der Waals surface area contributed by atoms with Crippen LogP contribution in [0.4, 0.5) is 0 Å². The number of carbonyl (C=O) groups excluding carboxylic acids is 1. The van der Waals surface area contributed by atoms with E-state index in [1.54, 1.807) is 7.11 Å². The number of rotatable bonds is 5. The van der Waals surface area contributed by atoms with Gasteiger partial charge in [0.15, 0.2) is 0 Å². The van der Waals surface area contributed by atoms with E-state index in [2.05, 4.69) is 26.8 Å². The lowest BCUT2D eigenvalue weighted by atomic mass is 9.93. The average Bonchev–Trinajstić information content (AvgIpc) is 3.29. The van der Waals surface area contributed by atoms with Gasteiger partial charge in [-0.25, -0.2) is 0 Å². The van der Waals surface area contributed by atoms with Crippen LogP contribution in [-0.2, 0) is 11.3 Å². The molecule has 3 saturated heterocycles. The van der Waals surface area contributed by atoms with E-state index in [1.807, 2.05) is 12.1 Å². The highest BCUT2D eigenvalue weighted by Crippen LogP contribution is 2.26. The van der Waals surface area contributed by atoms with Crippen LogP contribution < -0.4 is 4.74 Å². The monoisotopic (exact) mass is 385 g/mol. The first kappa shape index (κ1) is 19.7. The maximum Gasteiger partial charge on any atom is 0.226 e. The summed E-state index contributed by atoms with van der Waals surface area (Å²) < 4.78 is 5.25. The summed E-state index contributed by atoms with van der Waals surface area (Å²) in [4.78, 5) is 20.1. The Balaban J connectivity index is 1.25. The Morgan fingerprint density at radius 1 is 0.964 bits per heavy atom. The molecule has 154 valence electrons. The molecule has 5 heteroatoms. The molecule has 3 aliphatic heterocycles. The molecule has 3 fully saturated rings. The van der Waals surface area contributed by atoms with Gasteiger partial charge >= 0.3 is 0 Å². The van der Waals surface area contributed by atoms with E-state index >= 15 is 0 Å². The molecule has 3 heterocycles. The highest BCUT2D eigenvalue weighted by atomic mass is 16.5. The Bertz CT molecular complexity index is 634. The lowest BCUT2D eigenvalue weighted by molar-refractivity contribution is -0.136. The maximum atomic E-state index is 12.8. The van der Waals surface area contributed by atoms with E-state index in [0.29, 0.717) is 11.9 Å². The fourth-order valence-corrected chi connectivity index (χ4v) is 5.17. The third-order valence-corrected chi connectivity index (χ3v) is 6.86. The number of benzene rings is 1. The summed E-state index contributed by atoms with van der Waals surface area (Å²) in [5.74, 6) is 1.59. The molecular weight excluding hydrogens is 350 g/mol. The number of ether oxygens (including phenoxy) is 1. The van der Waals surface area contributed by atoms with Crippen LogP contribution in [0.3, 0.4) is 0 Å². The molecule has 0 saturated carbocycles. The first-order chi connectivity index (χ1) is 13.7. The quantitative estimate of drug-likeness (QED) is 0.781. The van der Waals surface area contributed by atoms with Crippen molar-refractivity contribution in [3.63, 3.8) is 0 Å². The Hall–Kier alpha value is -1.59. The van der Waals surface area contributed by atoms with Crippen molar-refractivity contribution in [2.45, 2.75) is 51.1 Å². The SMILES string of the molecule is COc1ccc(CN2CCC(N3CCCC(C(=O)N4CCCC4)C3)CC2)cc1. The third-order valence-electron chi connectivity index (χ3n) is 6.86. The first-order valence-corrected chi connectivity index (χ1v) is 11.1. The van der Waals surface area contributed by atoms with Crippen LogP contribution in [0, 0.1) is 5.92 Å². The van der Waals surface area contributed by atoms with Crippen LogP contribution in [0.2, 0.25) is 0 Å². The summed E-state index contributed by atoms with van der Waals surface area (Å²) in [7, 11) is 1.71. The number of hydrogen-bond acceptors (Lipinski definition) is 4. The predicted molar refractivity (Wildman–Crippen MR) is 111 cm³/mol. The molecule has 0 radical (unpaired) electrons. The molecule has 4 rings (SSSR count). The van der Waals surface area contributed by atoms with Crippen molar-refractivity contribution in [3.8, 4) is 5.75 Å². The zero-order valence-corrected chi connectivity index (χ0v) is 17.3. The van der Waals surface area contributed by atoms with Gasteiger partial charge < -0.3 is 9.64 Å². The smallest absolute Gasteiger partial charge is 0.226 e. The zero-order valence-electron chi connectivity index (χ0n) is 17.3. The fraction of sp³-hybridized carbons (Fsp3) is 0.696.